The Labute approximate surface area is 59.8 Å². The standard InChI is InChI=1S/C5H9NO3S/c1-3-5(7)6-4-10(2,8)9/h3H,1,4H2,2H3,(H,6,7). The molecule has 10 heavy (non-hydrogen) atoms. The summed E-state index contributed by atoms with van der Waals surface area (Å²) in [7, 11) is -3.11. The molecule has 1 amide bonds. The van der Waals surface area contributed by atoms with E-state index in [2.05, 4.69) is 11.9 Å². The number of rotatable bonds is 3. The molecule has 0 bridgehead atoms. The third kappa shape index (κ3) is 5.30. The van der Waals surface area contributed by atoms with E-state index in [1.54, 1.807) is 0 Å². The summed E-state index contributed by atoms with van der Waals surface area (Å²) < 4.78 is 20.8. The molecule has 0 saturated heterocycles. The summed E-state index contributed by atoms with van der Waals surface area (Å²) in [6.45, 7) is 3.15. The first kappa shape index (κ1) is 9.16. The fourth-order valence-corrected chi connectivity index (χ4v) is 0.679. The van der Waals surface area contributed by atoms with Crippen LogP contribution in [0.25, 0.3) is 0 Å². The zero-order valence-corrected chi connectivity index (χ0v) is 6.44. The van der Waals surface area contributed by atoms with Crippen LogP contribution in [0.3, 0.4) is 0 Å². The van der Waals surface area contributed by atoms with Gasteiger partial charge in [-0.3, -0.25) is 4.79 Å². The highest BCUT2D eigenvalue weighted by molar-refractivity contribution is 7.90. The quantitative estimate of drug-likeness (QED) is 0.559. The van der Waals surface area contributed by atoms with Gasteiger partial charge < -0.3 is 5.32 Å². The van der Waals surface area contributed by atoms with Crippen molar-refractivity contribution < 1.29 is 13.2 Å². The molecule has 58 valence electrons. The Morgan fingerprint density at radius 3 is 2.50 bits per heavy atom. The van der Waals surface area contributed by atoms with Crippen molar-refractivity contribution in [2.75, 3.05) is 12.1 Å². The number of hydrogen-bond donors (Lipinski definition) is 1. The second-order valence-electron chi connectivity index (χ2n) is 1.82. The van der Waals surface area contributed by atoms with Crippen LogP contribution in [0.4, 0.5) is 0 Å². The third-order valence-electron chi connectivity index (χ3n) is 0.694. The smallest absolute Gasteiger partial charge is 0.244 e. The Bertz CT molecular complexity index is 229. The maximum absolute atomic E-state index is 10.4. The van der Waals surface area contributed by atoms with Crippen molar-refractivity contribution in [3.8, 4) is 0 Å². The van der Waals surface area contributed by atoms with E-state index in [-0.39, 0.29) is 5.88 Å². The minimum atomic E-state index is -3.11. The van der Waals surface area contributed by atoms with Gasteiger partial charge in [0.25, 0.3) is 0 Å². The monoisotopic (exact) mass is 163 g/mol. The van der Waals surface area contributed by atoms with Crippen molar-refractivity contribution >= 4 is 15.7 Å². The van der Waals surface area contributed by atoms with E-state index in [9.17, 15) is 13.2 Å². The minimum absolute atomic E-state index is 0.335. The summed E-state index contributed by atoms with van der Waals surface area (Å²) in [6, 6.07) is 0. The van der Waals surface area contributed by atoms with E-state index in [0.29, 0.717) is 0 Å². The molecule has 0 rings (SSSR count). The van der Waals surface area contributed by atoms with Crippen LogP contribution in [0, 0.1) is 0 Å². The molecule has 0 atom stereocenters. The van der Waals surface area contributed by atoms with Crippen LogP contribution in [0.15, 0.2) is 12.7 Å². The van der Waals surface area contributed by atoms with E-state index in [1.807, 2.05) is 0 Å². The summed E-state index contributed by atoms with van der Waals surface area (Å²) in [6.07, 6.45) is 2.06. The molecular weight excluding hydrogens is 154 g/mol. The zero-order valence-electron chi connectivity index (χ0n) is 5.62. The van der Waals surface area contributed by atoms with Gasteiger partial charge in [-0.15, -0.1) is 0 Å². The van der Waals surface area contributed by atoms with Crippen LogP contribution in [-0.2, 0) is 14.6 Å². The van der Waals surface area contributed by atoms with E-state index in [0.717, 1.165) is 12.3 Å². The predicted molar refractivity (Wildman–Crippen MR) is 38.1 cm³/mol. The first-order valence-electron chi connectivity index (χ1n) is 2.53. The van der Waals surface area contributed by atoms with Crippen molar-refractivity contribution in [1.82, 2.24) is 5.32 Å². The lowest BCUT2D eigenvalue weighted by Gasteiger charge is -1.97. The van der Waals surface area contributed by atoms with Crippen molar-refractivity contribution in [1.29, 1.82) is 0 Å². The van der Waals surface area contributed by atoms with Gasteiger partial charge in [-0.2, -0.15) is 0 Å². The molecule has 0 radical (unpaired) electrons. The third-order valence-corrected chi connectivity index (χ3v) is 1.36. The highest BCUT2D eigenvalue weighted by Gasteiger charge is 2.01. The number of amides is 1. The number of hydrogen-bond acceptors (Lipinski definition) is 3. The Balaban J connectivity index is 3.78. The molecule has 0 aromatic heterocycles. The van der Waals surface area contributed by atoms with Gasteiger partial charge in [-0.1, -0.05) is 6.58 Å². The fourth-order valence-electron chi connectivity index (χ4n) is 0.274. The van der Waals surface area contributed by atoms with Crippen LogP contribution in [0.2, 0.25) is 0 Å². The van der Waals surface area contributed by atoms with Crippen molar-refractivity contribution in [3.05, 3.63) is 12.7 Å². The van der Waals surface area contributed by atoms with Crippen LogP contribution in [0.1, 0.15) is 0 Å². The van der Waals surface area contributed by atoms with Crippen LogP contribution < -0.4 is 5.32 Å². The van der Waals surface area contributed by atoms with Crippen molar-refractivity contribution in [3.63, 3.8) is 0 Å². The molecule has 0 heterocycles. The highest BCUT2D eigenvalue weighted by atomic mass is 32.2. The first-order chi connectivity index (χ1) is 4.45. The number of nitrogens with one attached hydrogen (secondary N) is 1. The maximum atomic E-state index is 10.4. The molecule has 0 spiro atoms. The maximum Gasteiger partial charge on any atom is 0.244 e. The van der Waals surface area contributed by atoms with Gasteiger partial charge in [0.1, 0.15) is 5.88 Å². The van der Waals surface area contributed by atoms with Gasteiger partial charge in [0.15, 0.2) is 9.84 Å². The SMILES string of the molecule is C=CC(=O)NCS(C)(=O)=O. The van der Waals surface area contributed by atoms with Crippen LogP contribution >= 0.6 is 0 Å². The molecule has 1 N–H and O–H groups in total. The highest BCUT2D eigenvalue weighted by Crippen LogP contribution is 1.77. The second kappa shape index (κ2) is 3.36. The molecule has 4 nitrogen and oxygen atoms in total. The number of carbonyl (C=O) groups is 1. The second-order valence-corrected chi connectivity index (χ2v) is 3.96. The van der Waals surface area contributed by atoms with Crippen molar-refractivity contribution in [2.24, 2.45) is 0 Å². The van der Waals surface area contributed by atoms with E-state index < -0.39 is 15.7 Å². The number of carbonyl (C=O) groups excluding carboxylic acids is 1. The Kier molecular flexibility index (Phi) is 3.08. The summed E-state index contributed by atoms with van der Waals surface area (Å²) >= 11 is 0. The number of sulfone groups is 1. The van der Waals surface area contributed by atoms with Crippen LogP contribution in [-0.4, -0.2) is 26.5 Å². The summed E-state index contributed by atoms with van der Waals surface area (Å²) in [5.41, 5.74) is 0. The average molecular weight is 163 g/mol. The Morgan fingerprint density at radius 2 is 2.20 bits per heavy atom. The molecular formula is C5H9NO3S. The van der Waals surface area contributed by atoms with Gasteiger partial charge >= 0.3 is 0 Å². The molecule has 0 saturated carbocycles. The topological polar surface area (TPSA) is 63.2 Å². The molecule has 0 aliphatic carbocycles. The largest absolute Gasteiger partial charge is 0.338 e. The lowest BCUT2D eigenvalue weighted by Crippen LogP contribution is -2.27. The summed E-state index contributed by atoms with van der Waals surface area (Å²) in [4.78, 5) is 10.4. The summed E-state index contributed by atoms with van der Waals surface area (Å²) in [5.74, 6) is -0.817. The fraction of sp³-hybridized carbons (Fsp3) is 0.400. The first-order valence-corrected chi connectivity index (χ1v) is 4.60. The molecule has 0 aromatic carbocycles. The zero-order chi connectivity index (χ0) is 8.20. The average Bonchev–Trinajstić information content (AvgIpc) is 1.81. The lowest BCUT2D eigenvalue weighted by atomic mass is 10.6. The van der Waals surface area contributed by atoms with E-state index in [4.69, 9.17) is 0 Å². The predicted octanol–water partition coefficient (Wildman–Crippen LogP) is -0.709. The van der Waals surface area contributed by atoms with E-state index in [1.165, 1.54) is 0 Å². The van der Waals surface area contributed by atoms with E-state index >= 15 is 0 Å². The lowest BCUT2D eigenvalue weighted by molar-refractivity contribution is -0.116. The van der Waals surface area contributed by atoms with Gasteiger partial charge in [0.2, 0.25) is 5.91 Å². The summed E-state index contributed by atoms with van der Waals surface area (Å²) in [5, 5.41) is 2.13. The molecule has 5 heteroatoms. The van der Waals surface area contributed by atoms with Gasteiger partial charge in [-0.05, 0) is 6.08 Å². The van der Waals surface area contributed by atoms with Gasteiger partial charge in [0.05, 0.1) is 0 Å². The molecule has 0 aliphatic heterocycles. The van der Waals surface area contributed by atoms with Gasteiger partial charge in [-0.25, -0.2) is 8.42 Å². The Hall–Kier alpha value is -0.840. The van der Waals surface area contributed by atoms with Crippen molar-refractivity contribution in [2.45, 2.75) is 0 Å². The minimum Gasteiger partial charge on any atom is -0.338 e. The molecule has 0 aliphatic rings. The molecule has 0 fully saturated rings. The molecule has 0 aromatic rings. The molecule has 0 unspecified atom stereocenters. The Morgan fingerprint density at radius 1 is 1.70 bits per heavy atom. The van der Waals surface area contributed by atoms with Gasteiger partial charge in [0, 0.05) is 6.26 Å². The normalized spacial score (nSPS) is 10.5. The van der Waals surface area contributed by atoms with Crippen LogP contribution in [0.5, 0.6) is 0 Å².